The fourth-order valence-corrected chi connectivity index (χ4v) is 2.14. The second-order valence-corrected chi connectivity index (χ2v) is 4.59. The number of piperidine rings is 1. The van der Waals surface area contributed by atoms with Crippen LogP contribution in [0.25, 0.3) is 0 Å². The molecule has 0 spiro atoms. The van der Waals surface area contributed by atoms with E-state index in [1.807, 2.05) is 4.90 Å². The van der Waals surface area contributed by atoms with Gasteiger partial charge in [-0.05, 0) is 12.8 Å². The zero-order valence-electron chi connectivity index (χ0n) is 8.96. The third-order valence-corrected chi connectivity index (χ3v) is 2.96. The largest absolute Gasteiger partial charge is 0.353 e. The molecule has 1 saturated heterocycles. The Bertz CT molecular complexity index is 238. The van der Waals surface area contributed by atoms with Crippen molar-refractivity contribution in [1.29, 1.82) is 0 Å². The SMILES string of the molecule is CC(=O)NC1CCN(C(=O)CCBr)CC1. The van der Waals surface area contributed by atoms with Crippen molar-refractivity contribution in [2.75, 3.05) is 18.4 Å². The topological polar surface area (TPSA) is 49.4 Å². The number of amides is 2. The summed E-state index contributed by atoms with van der Waals surface area (Å²) >= 11 is 3.26. The van der Waals surface area contributed by atoms with Crippen LogP contribution in [0.5, 0.6) is 0 Å². The molecule has 0 radical (unpaired) electrons. The highest BCUT2D eigenvalue weighted by molar-refractivity contribution is 9.09. The Morgan fingerprint density at radius 2 is 2.00 bits per heavy atom. The average Bonchev–Trinajstić information content (AvgIpc) is 2.18. The Balaban J connectivity index is 2.29. The van der Waals surface area contributed by atoms with Crippen LogP contribution in [0.2, 0.25) is 0 Å². The Morgan fingerprint density at radius 3 is 2.47 bits per heavy atom. The number of carbonyl (C=O) groups is 2. The van der Waals surface area contributed by atoms with Gasteiger partial charge in [-0.3, -0.25) is 9.59 Å². The Morgan fingerprint density at radius 1 is 1.40 bits per heavy atom. The Labute approximate surface area is 98.5 Å². The summed E-state index contributed by atoms with van der Waals surface area (Å²) in [4.78, 5) is 24.2. The van der Waals surface area contributed by atoms with Crippen molar-refractivity contribution in [2.24, 2.45) is 0 Å². The molecular formula is C10H17BrN2O2. The van der Waals surface area contributed by atoms with Gasteiger partial charge >= 0.3 is 0 Å². The van der Waals surface area contributed by atoms with Crippen LogP contribution in [-0.4, -0.2) is 41.2 Å². The molecule has 0 saturated carbocycles. The van der Waals surface area contributed by atoms with Crippen LogP contribution in [0.15, 0.2) is 0 Å². The predicted molar refractivity (Wildman–Crippen MR) is 61.8 cm³/mol. The van der Waals surface area contributed by atoms with Crippen LogP contribution in [0.4, 0.5) is 0 Å². The lowest BCUT2D eigenvalue weighted by atomic mass is 10.0. The summed E-state index contributed by atoms with van der Waals surface area (Å²) in [6.45, 7) is 3.05. The highest BCUT2D eigenvalue weighted by Gasteiger charge is 2.22. The lowest BCUT2D eigenvalue weighted by Gasteiger charge is -2.32. The number of halogens is 1. The Kier molecular flexibility index (Phi) is 5.08. The van der Waals surface area contributed by atoms with E-state index in [0.29, 0.717) is 6.42 Å². The molecule has 1 heterocycles. The van der Waals surface area contributed by atoms with Crippen molar-refractivity contribution in [3.8, 4) is 0 Å². The number of rotatable bonds is 3. The summed E-state index contributed by atoms with van der Waals surface area (Å²) < 4.78 is 0. The van der Waals surface area contributed by atoms with Gasteiger partial charge in [-0.25, -0.2) is 0 Å². The molecule has 1 aliphatic heterocycles. The third-order valence-electron chi connectivity index (χ3n) is 2.56. The number of carbonyl (C=O) groups excluding carboxylic acids is 2. The lowest BCUT2D eigenvalue weighted by Crippen LogP contribution is -2.46. The highest BCUT2D eigenvalue weighted by atomic mass is 79.9. The van der Waals surface area contributed by atoms with Gasteiger partial charge in [0.25, 0.3) is 0 Å². The van der Waals surface area contributed by atoms with Crippen molar-refractivity contribution < 1.29 is 9.59 Å². The molecule has 4 nitrogen and oxygen atoms in total. The maximum Gasteiger partial charge on any atom is 0.223 e. The molecule has 0 aliphatic carbocycles. The van der Waals surface area contributed by atoms with E-state index in [1.165, 1.54) is 6.92 Å². The van der Waals surface area contributed by atoms with Gasteiger partial charge in [-0.1, -0.05) is 15.9 Å². The zero-order valence-corrected chi connectivity index (χ0v) is 10.5. The Hall–Kier alpha value is -0.580. The first-order valence-corrected chi connectivity index (χ1v) is 6.36. The number of alkyl halides is 1. The van der Waals surface area contributed by atoms with Crippen molar-refractivity contribution in [3.63, 3.8) is 0 Å². The lowest BCUT2D eigenvalue weighted by molar-refractivity contribution is -0.131. The van der Waals surface area contributed by atoms with E-state index in [-0.39, 0.29) is 17.9 Å². The van der Waals surface area contributed by atoms with Crippen molar-refractivity contribution >= 4 is 27.7 Å². The minimum absolute atomic E-state index is 0.0141. The van der Waals surface area contributed by atoms with Crippen LogP contribution in [-0.2, 0) is 9.59 Å². The minimum atomic E-state index is 0.0141. The average molecular weight is 277 g/mol. The summed E-state index contributed by atoms with van der Waals surface area (Å²) in [6.07, 6.45) is 2.30. The van der Waals surface area contributed by atoms with E-state index < -0.39 is 0 Å². The molecule has 1 rings (SSSR count). The molecule has 0 aromatic rings. The summed E-state index contributed by atoms with van der Waals surface area (Å²) in [7, 11) is 0. The number of nitrogens with zero attached hydrogens (tertiary/aromatic N) is 1. The summed E-state index contributed by atoms with van der Waals surface area (Å²) in [6, 6.07) is 0.246. The molecule has 0 unspecified atom stereocenters. The quantitative estimate of drug-likeness (QED) is 0.779. The molecule has 2 amide bonds. The number of hydrogen-bond acceptors (Lipinski definition) is 2. The van der Waals surface area contributed by atoms with Gasteiger partial charge in [0.05, 0.1) is 0 Å². The molecule has 86 valence electrons. The second kappa shape index (κ2) is 6.10. The molecule has 0 aromatic heterocycles. The zero-order chi connectivity index (χ0) is 11.3. The number of likely N-dealkylation sites (tertiary alicyclic amines) is 1. The first-order valence-electron chi connectivity index (χ1n) is 5.24. The van der Waals surface area contributed by atoms with Crippen LogP contribution >= 0.6 is 15.9 Å². The smallest absolute Gasteiger partial charge is 0.223 e. The van der Waals surface area contributed by atoms with Gasteiger partial charge < -0.3 is 10.2 Å². The van der Waals surface area contributed by atoms with Gasteiger partial charge in [0.2, 0.25) is 11.8 Å². The van der Waals surface area contributed by atoms with Crippen LogP contribution in [0.3, 0.4) is 0 Å². The molecule has 5 heteroatoms. The molecule has 1 fully saturated rings. The monoisotopic (exact) mass is 276 g/mol. The summed E-state index contributed by atoms with van der Waals surface area (Å²) in [5.41, 5.74) is 0. The van der Waals surface area contributed by atoms with Crippen molar-refractivity contribution in [3.05, 3.63) is 0 Å². The van der Waals surface area contributed by atoms with Crippen LogP contribution in [0.1, 0.15) is 26.2 Å². The van der Waals surface area contributed by atoms with E-state index in [2.05, 4.69) is 21.2 Å². The van der Waals surface area contributed by atoms with E-state index in [4.69, 9.17) is 0 Å². The van der Waals surface area contributed by atoms with Gasteiger partial charge in [-0.2, -0.15) is 0 Å². The van der Waals surface area contributed by atoms with E-state index in [1.54, 1.807) is 0 Å². The third kappa shape index (κ3) is 4.20. The number of nitrogens with one attached hydrogen (secondary N) is 1. The first-order chi connectivity index (χ1) is 7.13. The van der Waals surface area contributed by atoms with Crippen LogP contribution < -0.4 is 5.32 Å². The van der Waals surface area contributed by atoms with E-state index >= 15 is 0 Å². The molecule has 0 bridgehead atoms. The molecule has 0 atom stereocenters. The van der Waals surface area contributed by atoms with Crippen molar-refractivity contribution in [2.45, 2.75) is 32.2 Å². The maximum absolute atomic E-state index is 11.5. The van der Waals surface area contributed by atoms with Crippen LogP contribution in [0, 0.1) is 0 Å². The predicted octanol–water partition coefficient (Wildman–Crippen LogP) is 0.898. The minimum Gasteiger partial charge on any atom is -0.353 e. The first kappa shape index (κ1) is 12.5. The van der Waals surface area contributed by atoms with Gasteiger partial charge in [0.15, 0.2) is 0 Å². The maximum atomic E-state index is 11.5. The van der Waals surface area contributed by atoms with Crippen molar-refractivity contribution in [1.82, 2.24) is 10.2 Å². The fraction of sp³-hybridized carbons (Fsp3) is 0.800. The summed E-state index contributed by atoms with van der Waals surface area (Å²) in [5.74, 6) is 0.216. The number of hydrogen-bond donors (Lipinski definition) is 1. The van der Waals surface area contributed by atoms with Gasteiger partial charge in [0, 0.05) is 37.8 Å². The van der Waals surface area contributed by atoms with Gasteiger partial charge in [-0.15, -0.1) is 0 Å². The molecule has 0 aromatic carbocycles. The second-order valence-electron chi connectivity index (χ2n) is 3.79. The normalized spacial score (nSPS) is 17.6. The molecular weight excluding hydrogens is 260 g/mol. The molecule has 1 N–H and O–H groups in total. The van der Waals surface area contributed by atoms with Gasteiger partial charge in [0.1, 0.15) is 0 Å². The highest BCUT2D eigenvalue weighted by Crippen LogP contribution is 2.11. The molecule has 1 aliphatic rings. The van der Waals surface area contributed by atoms with E-state index in [9.17, 15) is 9.59 Å². The van der Waals surface area contributed by atoms with E-state index in [0.717, 1.165) is 31.3 Å². The standard InChI is InChI=1S/C10H17BrN2O2/c1-8(14)12-9-3-6-13(7-4-9)10(15)2-5-11/h9H,2-7H2,1H3,(H,12,14). The fourth-order valence-electron chi connectivity index (χ4n) is 1.80. The molecule has 15 heavy (non-hydrogen) atoms. The summed E-state index contributed by atoms with van der Waals surface area (Å²) in [5, 5.41) is 3.61.